The lowest BCUT2D eigenvalue weighted by Gasteiger charge is -2.55. The number of Topliss-reactive ketones (excluding diaryl/α,β-unsaturated/α-hetero) is 1. The zero-order valence-corrected chi connectivity index (χ0v) is 18.4. The van der Waals surface area contributed by atoms with Crippen molar-refractivity contribution in [2.45, 2.75) is 88.1 Å². The first-order chi connectivity index (χ1) is 13.9. The van der Waals surface area contributed by atoms with Gasteiger partial charge in [-0.15, -0.1) is 0 Å². The lowest BCUT2D eigenvalue weighted by Crippen LogP contribution is -2.65. The van der Waals surface area contributed by atoms with Crippen LogP contribution in [0.1, 0.15) is 77.0 Å². The molecular formula is C23H30Cl2N2O2. The highest BCUT2D eigenvalue weighted by Gasteiger charge is 2.50. The normalized spacial score (nSPS) is 25.7. The van der Waals surface area contributed by atoms with Crippen molar-refractivity contribution in [2.24, 2.45) is 5.92 Å². The molecule has 0 unspecified atom stereocenters. The minimum atomic E-state index is -0.535. The van der Waals surface area contributed by atoms with Crippen LogP contribution in [0.4, 0.5) is 5.69 Å². The first kappa shape index (κ1) is 21.1. The van der Waals surface area contributed by atoms with Gasteiger partial charge in [-0.1, -0.05) is 61.7 Å². The Bertz CT molecular complexity index is 757. The summed E-state index contributed by atoms with van der Waals surface area (Å²) in [5, 5.41) is 7.58. The van der Waals surface area contributed by atoms with Gasteiger partial charge in [-0.25, -0.2) is 0 Å². The Balaban J connectivity index is 1.52. The predicted octanol–water partition coefficient (Wildman–Crippen LogP) is 5.91. The van der Waals surface area contributed by atoms with Gasteiger partial charge in [0.15, 0.2) is 0 Å². The van der Waals surface area contributed by atoms with Gasteiger partial charge in [0.05, 0.1) is 10.0 Å². The molecule has 4 rings (SSSR count). The molecule has 1 heterocycles. The molecule has 1 saturated heterocycles. The van der Waals surface area contributed by atoms with E-state index in [9.17, 15) is 9.59 Å². The molecule has 2 saturated carbocycles. The molecule has 1 aromatic rings. The molecule has 29 heavy (non-hydrogen) atoms. The Hall–Kier alpha value is -1.10. The summed E-state index contributed by atoms with van der Waals surface area (Å²) in [5.74, 6) is -1.03. The maximum absolute atomic E-state index is 13.2. The van der Waals surface area contributed by atoms with Crippen molar-refractivity contribution in [1.82, 2.24) is 5.32 Å². The largest absolute Gasteiger partial charge is 0.319 e. The van der Waals surface area contributed by atoms with Crippen molar-refractivity contribution in [3.63, 3.8) is 0 Å². The number of nitrogens with one attached hydrogen (secondary N) is 2. The maximum Gasteiger partial charge on any atom is 0.292 e. The zero-order chi connectivity index (χ0) is 20.5. The van der Waals surface area contributed by atoms with Gasteiger partial charge in [0, 0.05) is 22.7 Å². The highest BCUT2D eigenvalue weighted by molar-refractivity contribution is 6.43. The molecule has 6 heteroatoms. The molecule has 0 bridgehead atoms. The standard InChI is InChI=1S/C23H30Cl2N2O2/c24-18-8-7-17(13-19(18)25)26-21(29)20(28)16-14-22(9-3-1-4-10-22)27-23(15-16)11-5-2-6-12-23/h7-8,13,16,27H,1-6,9-12,14-15H2,(H,26,29). The van der Waals surface area contributed by atoms with Crippen molar-refractivity contribution in [3.8, 4) is 0 Å². The Morgan fingerprint density at radius 3 is 1.93 bits per heavy atom. The number of rotatable bonds is 3. The van der Waals surface area contributed by atoms with E-state index in [1.54, 1.807) is 18.2 Å². The summed E-state index contributed by atoms with van der Waals surface area (Å²) >= 11 is 12.0. The highest BCUT2D eigenvalue weighted by atomic mass is 35.5. The fourth-order valence-corrected chi connectivity index (χ4v) is 6.23. The first-order valence-corrected chi connectivity index (χ1v) is 11.8. The summed E-state index contributed by atoms with van der Waals surface area (Å²) in [6.45, 7) is 0. The third-order valence-electron chi connectivity index (χ3n) is 7.20. The highest BCUT2D eigenvalue weighted by Crippen LogP contribution is 2.46. The minimum Gasteiger partial charge on any atom is -0.319 e. The second-order valence-corrected chi connectivity index (χ2v) is 10.2. The molecule has 2 N–H and O–H groups in total. The van der Waals surface area contributed by atoms with Gasteiger partial charge in [-0.05, 0) is 56.7 Å². The Morgan fingerprint density at radius 1 is 0.862 bits per heavy atom. The number of carbonyl (C=O) groups is 2. The van der Waals surface area contributed by atoms with Gasteiger partial charge in [-0.3, -0.25) is 9.59 Å². The lowest BCUT2D eigenvalue weighted by molar-refractivity contribution is -0.140. The van der Waals surface area contributed by atoms with Crippen LogP contribution in [0, 0.1) is 5.92 Å². The number of benzene rings is 1. The molecule has 3 aliphatic rings. The third kappa shape index (κ3) is 4.65. The topological polar surface area (TPSA) is 58.2 Å². The smallest absolute Gasteiger partial charge is 0.292 e. The van der Waals surface area contributed by atoms with Crippen molar-refractivity contribution < 1.29 is 9.59 Å². The van der Waals surface area contributed by atoms with Crippen LogP contribution in [0.5, 0.6) is 0 Å². The molecular weight excluding hydrogens is 407 g/mol. The van der Waals surface area contributed by atoms with E-state index in [4.69, 9.17) is 23.2 Å². The minimum absolute atomic E-state index is 0.0258. The van der Waals surface area contributed by atoms with E-state index in [0.717, 1.165) is 38.5 Å². The average molecular weight is 437 g/mol. The lowest BCUT2D eigenvalue weighted by atomic mass is 9.63. The van der Waals surface area contributed by atoms with Crippen LogP contribution in [-0.4, -0.2) is 22.8 Å². The van der Waals surface area contributed by atoms with Crippen LogP contribution >= 0.6 is 23.2 Å². The number of amides is 1. The van der Waals surface area contributed by atoms with Crippen LogP contribution in [-0.2, 0) is 9.59 Å². The zero-order valence-electron chi connectivity index (χ0n) is 16.9. The molecule has 0 atom stereocenters. The maximum atomic E-state index is 13.2. The Labute approximate surface area is 183 Å². The fraction of sp³-hybridized carbons (Fsp3) is 0.652. The number of piperidine rings is 1. The van der Waals surface area contributed by atoms with Crippen molar-refractivity contribution in [3.05, 3.63) is 28.2 Å². The number of halogens is 2. The average Bonchev–Trinajstić information content (AvgIpc) is 2.70. The quantitative estimate of drug-likeness (QED) is 0.579. The predicted molar refractivity (Wildman–Crippen MR) is 118 cm³/mol. The van der Waals surface area contributed by atoms with Crippen molar-refractivity contribution in [2.75, 3.05) is 5.32 Å². The molecule has 1 aromatic carbocycles. The van der Waals surface area contributed by atoms with Crippen molar-refractivity contribution in [1.29, 1.82) is 0 Å². The summed E-state index contributed by atoms with van der Waals surface area (Å²) in [7, 11) is 0. The Kier molecular flexibility index (Phi) is 6.24. The third-order valence-corrected chi connectivity index (χ3v) is 7.94. The second-order valence-electron chi connectivity index (χ2n) is 9.36. The van der Waals surface area contributed by atoms with Gasteiger partial charge in [0.25, 0.3) is 5.91 Å². The monoisotopic (exact) mass is 436 g/mol. The van der Waals surface area contributed by atoms with Gasteiger partial charge in [-0.2, -0.15) is 0 Å². The number of hydrogen-bond donors (Lipinski definition) is 2. The summed E-state index contributed by atoms with van der Waals surface area (Å²) in [5.41, 5.74) is 0.558. The number of anilines is 1. The number of carbonyl (C=O) groups excluding carboxylic acids is 2. The summed E-state index contributed by atoms with van der Waals surface area (Å²) in [4.78, 5) is 26.0. The van der Waals surface area contributed by atoms with Crippen molar-refractivity contribution >= 4 is 40.6 Å². The molecule has 2 aliphatic carbocycles. The van der Waals surface area contributed by atoms with E-state index < -0.39 is 5.91 Å². The van der Waals surface area contributed by atoms with Crippen LogP contribution in [0.3, 0.4) is 0 Å². The van der Waals surface area contributed by atoms with Crippen LogP contribution in [0.2, 0.25) is 10.0 Å². The van der Waals surface area contributed by atoms with Gasteiger partial charge in [0.1, 0.15) is 0 Å². The SMILES string of the molecule is O=C(Nc1ccc(Cl)c(Cl)c1)C(=O)C1CC2(CCCCC2)NC2(CCCCC2)C1. The van der Waals surface area contributed by atoms with E-state index in [1.165, 1.54) is 38.5 Å². The number of hydrogen-bond acceptors (Lipinski definition) is 3. The van der Waals surface area contributed by atoms with Crippen LogP contribution in [0.15, 0.2) is 18.2 Å². The summed E-state index contributed by atoms with van der Waals surface area (Å²) in [6.07, 6.45) is 13.4. The second kappa shape index (κ2) is 8.56. The molecule has 1 amide bonds. The number of ketones is 1. The molecule has 0 radical (unpaired) electrons. The molecule has 4 nitrogen and oxygen atoms in total. The van der Waals surface area contributed by atoms with Crippen LogP contribution < -0.4 is 10.6 Å². The summed E-state index contributed by atoms with van der Waals surface area (Å²) < 4.78 is 0. The van der Waals surface area contributed by atoms with E-state index in [-0.39, 0.29) is 22.8 Å². The fourth-order valence-electron chi connectivity index (χ4n) is 5.93. The molecule has 158 valence electrons. The van der Waals surface area contributed by atoms with Gasteiger partial charge < -0.3 is 10.6 Å². The van der Waals surface area contributed by atoms with Gasteiger partial charge >= 0.3 is 0 Å². The Morgan fingerprint density at radius 2 is 1.41 bits per heavy atom. The van der Waals surface area contributed by atoms with Gasteiger partial charge in [0.2, 0.25) is 5.78 Å². The van der Waals surface area contributed by atoms with E-state index in [0.29, 0.717) is 15.7 Å². The van der Waals surface area contributed by atoms with E-state index in [2.05, 4.69) is 10.6 Å². The van der Waals surface area contributed by atoms with E-state index >= 15 is 0 Å². The van der Waals surface area contributed by atoms with E-state index in [1.807, 2.05) is 0 Å². The molecule has 2 spiro atoms. The molecule has 0 aromatic heterocycles. The summed E-state index contributed by atoms with van der Waals surface area (Å²) in [6, 6.07) is 4.89. The molecule has 3 fully saturated rings. The van der Waals surface area contributed by atoms with Crippen LogP contribution in [0.25, 0.3) is 0 Å². The first-order valence-electron chi connectivity index (χ1n) is 11.0. The molecule has 1 aliphatic heterocycles.